The third-order valence-corrected chi connectivity index (χ3v) is 2.36. The summed E-state index contributed by atoms with van der Waals surface area (Å²) >= 11 is 1.25. The van der Waals surface area contributed by atoms with Crippen LogP contribution in [0, 0.1) is 12.8 Å². The number of aromatic nitrogens is 2. The molecule has 0 spiro atoms. The van der Waals surface area contributed by atoms with Crippen LogP contribution in [-0.4, -0.2) is 28.4 Å². The van der Waals surface area contributed by atoms with Crippen LogP contribution in [0.5, 0.6) is 0 Å². The number of nitrogens with one attached hydrogen (secondary N) is 1. The average Bonchev–Trinajstić information content (AvgIpc) is 2.58. The predicted octanol–water partition coefficient (Wildman–Crippen LogP) is 1.24. The summed E-state index contributed by atoms with van der Waals surface area (Å²) < 4.78 is 5.12. The summed E-state index contributed by atoms with van der Waals surface area (Å²) in [5.74, 6) is 1.28. The van der Waals surface area contributed by atoms with Crippen LogP contribution in [0.25, 0.3) is 0 Å². The molecule has 0 radical (unpaired) electrons. The van der Waals surface area contributed by atoms with Crippen LogP contribution in [0.4, 0.5) is 0 Å². The number of rotatable bonds is 5. The van der Waals surface area contributed by atoms with E-state index in [1.54, 1.807) is 6.92 Å². The van der Waals surface area contributed by atoms with E-state index in [1.165, 1.54) is 11.8 Å². The summed E-state index contributed by atoms with van der Waals surface area (Å²) in [6.45, 7) is 6.52. The minimum atomic E-state index is -0.00967. The summed E-state index contributed by atoms with van der Waals surface area (Å²) in [5.41, 5.74) is 0. The summed E-state index contributed by atoms with van der Waals surface area (Å²) in [4.78, 5) is 11.3. The van der Waals surface area contributed by atoms with Gasteiger partial charge in [0.15, 0.2) is 0 Å². The van der Waals surface area contributed by atoms with E-state index in [4.69, 9.17) is 4.42 Å². The first-order chi connectivity index (χ1) is 7.08. The maximum absolute atomic E-state index is 11.3. The lowest BCUT2D eigenvalue weighted by atomic mass is 10.2. The molecular formula is C9H15N3O2S. The normalized spacial score (nSPS) is 10.7. The first-order valence-corrected chi connectivity index (χ1v) is 5.76. The Bertz CT molecular complexity index is 325. The fourth-order valence-electron chi connectivity index (χ4n) is 0.833. The van der Waals surface area contributed by atoms with Crippen LogP contribution >= 0.6 is 11.8 Å². The Balaban J connectivity index is 2.22. The molecule has 1 aromatic rings. The molecule has 15 heavy (non-hydrogen) atoms. The molecule has 0 atom stereocenters. The molecule has 0 saturated heterocycles. The molecule has 0 fully saturated rings. The molecule has 1 heterocycles. The molecule has 1 rings (SSSR count). The molecule has 0 aliphatic rings. The molecule has 84 valence electrons. The van der Waals surface area contributed by atoms with E-state index in [0.29, 0.717) is 29.3 Å². The Hall–Kier alpha value is -1.04. The van der Waals surface area contributed by atoms with Crippen molar-refractivity contribution in [2.45, 2.75) is 26.0 Å². The minimum Gasteiger partial charge on any atom is -0.416 e. The summed E-state index contributed by atoms with van der Waals surface area (Å²) in [6, 6.07) is 0. The van der Waals surface area contributed by atoms with Crippen LogP contribution in [0.2, 0.25) is 0 Å². The highest BCUT2D eigenvalue weighted by molar-refractivity contribution is 7.99. The molecule has 0 saturated carbocycles. The quantitative estimate of drug-likeness (QED) is 0.769. The Labute approximate surface area is 93.0 Å². The number of hydrogen-bond acceptors (Lipinski definition) is 5. The number of thioether (sulfide) groups is 1. The molecular weight excluding hydrogens is 214 g/mol. The lowest BCUT2D eigenvalue weighted by Crippen LogP contribution is -2.28. The zero-order valence-corrected chi connectivity index (χ0v) is 9.93. The largest absolute Gasteiger partial charge is 0.416 e. The highest BCUT2D eigenvalue weighted by atomic mass is 32.2. The number of amides is 1. The molecule has 6 heteroatoms. The van der Waals surface area contributed by atoms with Gasteiger partial charge in [-0.15, -0.1) is 10.2 Å². The zero-order valence-electron chi connectivity index (χ0n) is 9.11. The van der Waals surface area contributed by atoms with Crippen LogP contribution in [0.1, 0.15) is 19.7 Å². The fourth-order valence-corrected chi connectivity index (χ4v) is 1.47. The van der Waals surface area contributed by atoms with Gasteiger partial charge in [-0.3, -0.25) is 4.79 Å². The fraction of sp³-hybridized carbons (Fsp3) is 0.667. The monoisotopic (exact) mass is 229 g/mol. The van der Waals surface area contributed by atoms with Crippen molar-refractivity contribution < 1.29 is 9.21 Å². The Morgan fingerprint density at radius 3 is 2.80 bits per heavy atom. The van der Waals surface area contributed by atoms with Gasteiger partial charge in [-0.25, -0.2) is 0 Å². The van der Waals surface area contributed by atoms with Crippen molar-refractivity contribution in [2.75, 3.05) is 12.3 Å². The van der Waals surface area contributed by atoms with E-state index in [-0.39, 0.29) is 5.91 Å². The van der Waals surface area contributed by atoms with Gasteiger partial charge in [-0.2, -0.15) is 0 Å². The zero-order chi connectivity index (χ0) is 11.3. The predicted molar refractivity (Wildman–Crippen MR) is 57.6 cm³/mol. The van der Waals surface area contributed by atoms with Crippen LogP contribution in [0.3, 0.4) is 0 Å². The topological polar surface area (TPSA) is 68.0 Å². The molecule has 0 aliphatic carbocycles. The number of carbonyl (C=O) groups excluding carboxylic acids is 1. The van der Waals surface area contributed by atoms with E-state index in [0.717, 1.165) is 0 Å². The van der Waals surface area contributed by atoms with E-state index in [9.17, 15) is 4.79 Å². The van der Waals surface area contributed by atoms with Gasteiger partial charge < -0.3 is 9.73 Å². The van der Waals surface area contributed by atoms with Gasteiger partial charge in [0.05, 0.1) is 5.75 Å². The standard InChI is InChI=1S/C9H15N3O2S/c1-6(2)4-10-8(13)5-15-9-12-11-7(3)14-9/h6H,4-5H2,1-3H3,(H,10,13). The van der Waals surface area contributed by atoms with E-state index < -0.39 is 0 Å². The van der Waals surface area contributed by atoms with Crippen molar-refractivity contribution in [2.24, 2.45) is 5.92 Å². The highest BCUT2D eigenvalue weighted by Gasteiger charge is 2.07. The van der Waals surface area contributed by atoms with Crippen LogP contribution in [0.15, 0.2) is 9.64 Å². The minimum absolute atomic E-state index is 0.00967. The first-order valence-electron chi connectivity index (χ1n) is 4.77. The van der Waals surface area contributed by atoms with Gasteiger partial charge in [-0.05, 0) is 5.92 Å². The summed E-state index contributed by atoms with van der Waals surface area (Å²) in [7, 11) is 0. The van der Waals surface area contributed by atoms with Gasteiger partial charge in [-0.1, -0.05) is 25.6 Å². The second kappa shape index (κ2) is 5.75. The van der Waals surface area contributed by atoms with Gasteiger partial charge in [0.25, 0.3) is 5.22 Å². The molecule has 0 bridgehead atoms. The molecule has 1 amide bonds. The lowest BCUT2D eigenvalue weighted by Gasteiger charge is -2.05. The Morgan fingerprint density at radius 2 is 2.27 bits per heavy atom. The van der Waals surface area contributed by atoms with Gasteiger partial charge in [0.1, 0.15) is 0 Å². The van der Waals surface area contributed by atoms with Crippen molar-refractivity contribution >= 4 is 17.7 Å². The number of aryl methyl sites for hydroxylation is 1. The number of hydrogen-bond donors (Lipinski definition) is 1. The second-order valence-electron chi connectivity index (χ2n) is 3.57. The second-order valence-corrected chi connectivity index (χ2v) is 4.50. The molecule has 0 unspecified atom stereocenters. The highest BCUT2D eigenvalue weighted by Crippen LogP contribution is 2.14. The number of nitrogens with zero attached hydrogens (tertiary/aromatic N) is 2. The van der Waals surface area contributed by atoms with E-state index in [1.807, 2.05) is 0 Å². The van der Waals surface area contributed by atoms with Crippen molar-refractivity contribution in [3.63, 3.8) is 0 Å². The van der Waals surface area contributed by atoms with Crippen molar-refractivity contribution in [1.29, 1.82) is 0 Å². The van der Waals surface area contributed by atoms with Crippen molar-refractivity contribution in [3.05, 3.63) is 5.89 Å². The van der Waals surface area contributed by atoms with E-state index >= 15 is 0 Å². The van der Waals surface area contributed by atoms with Crippen molar-refractivity contribution in [1.82, 2.24) is 15.5 Å². The van der Waals surface area contributed by atoms with Crippen LogP contribution < -0.4 is 5.32 Å². The smallest absolute Gasteiger partial charge is 0.277 e. The third kappa shape index (κ3) is 4.83. The third-order valence-electron chi connectivity index (χ3n) is 1.54. The molecule has 1 aromatic heterocycles. The van der Waals surface area contributed by atoms with Crippen LogP contribution in [-0.2, 0) is 4.79 Å². The van der Waals surface area contributed by atoms with Gasteiger partial charge in [0.2, 0.25) is 11.8 Å². The lowest BCUT2D eigenvalue weighted by molar-refractivity contribution is -0.118. The van der Waals surface area contributed by atoms with Gasteiger partial charge in [0, 0.05) is 13.5 Å². The number of carbonyl (C=O) groups is 1. The Kier molecular flexibility index (Phi) is 4.61. The first kappa shape index (κ1) is 12.0. The van der Waals surface area contributed by atoms with E-state index in [2.05, 4.69) is 29.4 Å². The van der Waals surface area contributed by atoms with Crippen molar-refractivity contribution in [3.8, 4) is 0 Å². The summed E-state index contributed by atoms with van der Waals surface area (Å²) in [6.07, 6.45) is 0. The summed E-state index contributed by atoms with van der Waals surface area (Å²) in [5, 5.41) is 10.7. The van der Waals surface area contributed by atoms with Gasteiger partial charge >= 0.3 is 0 Å². The molecule has 0 aromatic carbocycles. The SMILES string of the molecule is Cc1nnc(SCC(=O)NCC(C)C)o1. The maximum Gasteiger partial charge on any atom is 0.277 e. The molecule has 5 nitrogen and oxygen atoms in total. The average molecular weight is 229 g/mol. The maximum atomic E-state index is 11.3. The Morgan fingerprint density at radius 1 is 1.53 bits per heavy atom. The molecule has 0 aliphatic heterocycles. The molecule has 1 N–H and O–H groups in total.